The van der Waals surface area contributed by atoms with Gasteiger partial charge >= 0.3 is 12.3 Å². The summed E-state index contributed by atoms with van der Waals surface area (Å²) in [5, 5.41) is 2.75. The molecular weight excluding hydrogens is 240 g/mol. The molecule has 0 aliphatic rings. The highest BCUT2D eigenvalue weighted by atomic mass is 19.4. The van der Waals surface area contributed by atoms with Gasteiger partial charge in [-0.05, 0) is 18.1 Å². The van der Waals surface area contributed by atoms with Gasteiger partial charge < -0.3 is 5.32 Å². The van der Waals surface area contributed by atoms with E-state index in [4.69, 9.17) is 0 Å². The van der Waals surface area contributed by atoms with Gasteiger partial charge in [0, 0.05) is 6.54 Å². The van der Waals surface area contributed by atoms with E-state index in [1.165, 1.54) is 18.2 Å². The highest BCUT2D eigenvalue weighted by Gasteiger charge is 2.29. The van der Waals surface area contributed by atoms with Gasteiger partial charge in [0.1, 0.15) is 5.82 Å². The number of benzene rings is 1. The summed E-state index contributed by atoms with van der Waals surface area (Å²) in [4.78, 5) is 10.7. The fourth-order valence-electron chi connectivity index (χ4n) is 1.18. The monoisotopic (exact) mass is 250 g/mol. The maximum atomic E-state index is 13.1. The quantitative estimate of drug-likeness (QED) is 0.626. The third kappa shape index (κ3) is 5.19. The summed E-state index contributed by atoms with van der Waals surface area (Å²) in [6.07, 6.45) is -4.64. The Labute approximate surface area is 94.8 Å². The molecule has 0 aliphatic heterocycles. The average Bonchev–Trinajstić information content (AvgIpc) is 2.18. The second-order valence-corrected chi connectivity index (χ2v) is 3.22. The molecule has 2 N–H and O–H groups in total. The molecule has 0 radical (unpaired) electrons. The predicted octanol–water partition coefficient (Wildman–Crippen LogP) is 2.19. The van der Waals surface area contributed by atoms with Crippen LogP contribution < -0.4 is 10.6 Å². The molecule has 0 unspecified atom stereocenters. The number of hydrogen-bond donors (Lipinski definition) is 2. The third-order valence-electron chi connectivity index (χ3n) is 1.89. The van der Waals surface area contributed by atoms with Gasteiger partial charge in [0.05, 0.1) is 0 Å². The predicted molar refractivity (Wildman–Crippen MR) is 52.7 cm³/mol. The molecule has 7 heteroatoms. The summed E-state index contributed by atoms with van der Waals surface area (Å²) in [6, 6.07) is 4.49. The van der Waals surface area contributed by atoms with Crippen LogP contribution in [-0.2, 0) is 6.42 Å². The number of carbonyl (C=O) groups is 1. The zero-order valence-electron chi connectivity index (χ0n) is 8.64. The van der Waals surface area contributed by atoms with Gasteiger partial charge in [-0.25, -0.2) is 14.5 Å². The van der Waals surface area contributed by atoms with Gasteiger partial charge in [0.15, 0.2) is 0 Å². The van der Waals surface area contributed by atoms with Crippen molar-refractivity contribution in [3.63, 3.8) is 0 Å². The first-order chi connectivity index (χ1) is 7.88. The van der Waals surface area contributed by atoms with E-state index in [9.17, 15) is 22.4 Å². The van der Waals surface area contributed by atoms with Crippen molar-refractivity contribution in [1.82, 2.24) is 10.6 Å². The molecule has 2 amide bonds. The molecule has 3 nitrogen and oxygen atoms in total. The van der Waals surface area contributed by atoms with Crippen molar-refractivity contribution in [2.75, 3.05) is 6.54 Å². The van der Waals surface area contributed by atoms with E-state index in [0.717, 1.165) is 5.32 Å². The van der Waals surface area contributed by atoms with E-state index in [2.05, 4.69) is 0 Å². The van der Waals surface area contributed by atoms with E-state index in [-0.39, 0.29) is 13.0 Å². The molecule has 0 saturated carbocycles. The molecule has 1 aromatic rings. The molecule has 1 aromatic carbocycles. The second kappa shape index (κ2) is 5.51. The van der Waals surface area contributed by atoms with Crippen molar-refractivity contribution in [2.45, 2.75) is 12.7 Å². The van der Waals surface area contributed by atoms with Crippen molar-refractivity contribution >= 4 is 6.03 Å². The zero-order chi connectivity index (χ0) is 12.9. The van der Waals surface area contributed by atoms with Gasteiger partial charge in [0.25, 0.3) is 0 Å². The lowest BCUT2D eigenvalue weighted by atomic mass is 10.1. The van der Waals surface area contributed by atoms with Crippen LogP contribution in [0.1, 0.15) is 5.56 Å². The van der Waals surface area contributed by atoms with Crippen molar-refractivity contribution in [1.29, 1.82) is 0 Å². The Kier molecular flexibility index (Phi) is 4.30. The fraction of sp³-hybridized carbons (Fsp3) is 0.300. The first-order valence-corrected chi connectivity index (χ1v) is 4.74. The summed E-state index contributed by atoms with van der Waals surface area (Å²) >= 11 is 0. The van der Waals surface area contributed by atoms with Gasteiger partial charge in [-0.1, -0.05) is 18.2 Å². The summed E-state index contributed by atoms with van der Waals surface area (Å²) < 4.78 is 48.1. The van der Waals surface area contributed by atoms with E-state index >= 15 is 0 Å². The summed E-state index contributed by atoms with van der Waals surface area (Å²) in [6.45, 7) is -0.0805. The van der Waals surface area contributed by atoms with Crippen LogP contribution in [0.2, 0.25) is 0 Å². The summed E-state index contributed by atoms with van der Waals surface area (Å²) in [5.74, 6) is -0.453. The van der Waals surface area contributed by atoms with Crippen LogP contribution in [0.5, 0.6) is 0 Å². The molecule has 94 valence electrons. The van der Waals surface area contributed by atoms with Crippen molar-refractivity contribution < 1.29 is 22.4 Å². The van der Waals surface area contributed by atoms with Crippen LogP contribution in [0, 0.1) is 5.82 Å². The van der Waals surface area contributed by atoms with E-state index in [0.29, 0.717) is 5.56 Å². The molecule has 0 aliphatic carbocycles. The smallest absolute Gasteiger partial charge is 0.338 e. The van der Waals surface area contributed by atoms with Crippen LogP contribution in [0.15, 0.2) is 24.3 Å². The Balaban J connectivity index is 2.34. The molecule has 17 heavy (non-hydrogen) atoms. The molecule has 1 rings (SSSR count). The van der Waals surface area contributed by atoms with Gasteiger partial charge in [-0.15, -0.1) is 0 Å². The highest BCUT2D eigenvalue weighted by molar-refractivity contribution is 5.74. The largest absolute Gasteiger partial charge is 0.485 e. The van der Waals surface area contributed by atoms with Gasteiger partial charge in [-0.3, -0.25) is 0 Å². The van der Waals surface area contributed by atoms with Crippen molar-refractivity contribution in [3.05, 3.63) is 35.6 Å². The van der Waals surface area contributed by atoms with Crippen LogP contribution >= 0.6 is 0 Å². The fourth-order valence-corrected chi connectivity index (χ4v) is 1.18. The van der Waals surface area contributed by atoms with Crippen LogP contribution in [0.3, 0.4) is 0 Å². The lowest BCUT2D eigenvalue weighted by molar-refractivity contribution is -0.145. The van der Waals surface area contributed by atoms with Crippen LogP contribution in [-0.4, -0.2) is 18.9 Å². The SMILES string of the molecule is O=C(NCCc1ccccc1F)NC(F)(F)F. The Hall–Kier alpha value is -1.79. The lowest BCUT2D eigenvalue weighted by Crippen LogP contribution is -2.44. The van der Waals surface area contributed by atoms with Crippen molar-refractivity contribution in [2.24, 2.45) is 0 Å². The number of rotatable bonds is 3. The number of halogens is 4. The standard InChI is InChI=1S/C10H10F4N2O/c11-8-4-2-1-3-7(8)5-6-15-9(17)16-10(12,13)14/h1-4H,5-6H2,(H2,15,16,17). The minimum Gasteiger partial charge on any atom is -0.338 e. The summed E-state index contributed by atoms with van der Waals surface area (Å²) in [5.41, 5.74) is 0.333. The number of amides is 2. The molecule has 0 atom stereocenters. The summed E-state index contributed by atoms with van der Waals surface area (Å²) in [7, 11) is 0. The Bertz CT molecular complexity index is 392. The van der Waals surface area contributed by atoms with E-state index in [1.807, 2.05) is 5.32 Å². The molecular formula is C10H10F4N2O. The van der Waals surface area contributed by atoms with Gasteiger partial charge in [-0.2, -0.15) is 13.2 Å². The zero-order valence-corrected chi connectivity index (χ0v) is 8.64. The number of urea groups is 1. The Morgan fingerprint density at radius 3 is 2.47 bits per heavy atom. The average molecular weight is 250 g/mol. The topological polar surface area (TPSA) is 41.1 Å². The first-order valence-electron chi connectivity index (χ1n) is 4.74. The Morgan fingerprint density at radius 1 is 1.24 bits per heavy atom. The molecule has 0 heterocycles. The first kappa shape index (κ1) is 13.3. The van der Waals surface area contributed by atoms with E-state index in [1.54, 1.807) is 6.07 Å². The molecule has 0 fully saturated rings. The maximum absolute atomic E-state index is 13.1. The second-order valence-electron chi connectivity index (χ2n) is 3.22. The Morgan fingerprint density at radius 2 is 1.88 bits per heavy atom. The van der Waals surface area contributed by atoms with Crippen LogP contribution in [0.4, 0.5) is 22.4 Å². The van der Waals surface area contributed by atoms with Gasteiger partial charge in [0.2, 0.25) is 0 Å². The molecule has 0 bridgehead atoms. The number of alkyl halides is 3. The minimum atomic E-state index is -4.76. The third-order valence-corrected chi connectivity index (χ3v) is 1.89. The molecule has 0 aromatic heterocycles. The normalized spacial score (nSPS) is 11.1. The maximum Gasteiger partial charge on any atom is 0.485 e. The molecule has 0 saturated heterocycles. The lowest BCUT2D eigenvalue weighted by Gasteiger charge is -2.10. The number of nitrogens with one attached hydrogen (secondary N) is 2. The van der Waals surface area contributed by atoms with E-state index < -0.39 is 18.1 Å². The number of hydrogen-bond acceptors (Lipinski definition) is 1. The highest BCUT2D eigenvalue weighted by Crippen LogP contribution is 2.09. The number of carbonyl (C=O) groups excluding carboxylic acids is 1. The minimum absolute atomic E-state index is 0.0805. The molecule has 0 spiro atoms. The van der Waals surface area contributed by atoms with Crippen LogP contribution in [0.25, 0.3) is 0 Å². The van der Waals surface area contributed by atoms with Crippen molar-refractivity contribution in [3.8, 4) is 0 Å².